The van der Waals surface area contributed by atoms with Crippen molar-refractivity contribution in [2.75, 3.05) is 34.0 Å². The van der Waals surface area contributed by atoms with Crippen LogP contribution in [0.2, 0.25) is 0 Å². The van der Waals surface area contributed by atoms with Crippen LogP contribution in [-0.2, 0) is 99.8 Å². The highest BCUT2D eigenvalue weighted by Gasteiger charge is 2.60. The molecule has 0 aromatic rings. The molecule has 0 aromatic heterocycles. The molecule has 12 bridgehead atoms. The summed E-state index contributed by atoms with van der Waals surface area (Å²) in [5, 5.41) is 68.5. The topological polar surface area (TPSA) is 362 Å². The molecule has 0 amide bonds. The Morgan fingerprint density at radius 1 is 0.509 bits per heavy atom. The minimum absolute atomic E-state index is 0.0212. The number of aliphatic hydroxyl groups excluding tert-OH is 4. The number of aldehydes is 1. The second kappa shape index (κ2) is 46.3. The van der Waals surface area contributed by atoms with Crippen molar-refractivity contribution in [3.8, 4) is 0 Å². The van der Waals surface area contributed by atoms with E-state index in [9.17, 15) is 59.4 Å². The number of ether oxygens (including phenoxy) is 15. The summed E-state index contributed by atoms with van der Waals surface area (Å²) in [5.41, 5.74) is -2.16. The highest BCUT2D eigenvalue weighted by molar-refractivity contribution is 5.84. The first-order chi connectivity index (χ1) is 53.5. The van der Waals surface area contributed by atoms with Crippen LogP contribution in [0.1, 0.15) is 247 Å². The lowest BCUT2D eigenvalue weighted by molar-refractivity contribution is -0.327. The quantitative estimate of drug-likeness (QED) is 0.0131. The van der Waals surface area contributed by atoms with E-state index in [2.05, 4.69) is 33.6 Å². The first-order valence-electron chi connectivity index (χ1n) is 41.0. The summed E-state index contributed by atoms with van der Waals surface area (Å²) in [5.74, 6) is -6.98. The molecule has 6 fully saturated rings. The molecule has 6 saturated heterocycles. The predicted molar refractivity (Wildman–Crippen MR) is 410 cm³/mol. The predicted octanol–water partition coefficient (Wildman–Crippen LogP) is 11.1. The second-order valence-electron chi connectivity index (χ2n) is 32.5. The van der Waals surface area contributed by atoms with Crippen molar-refractivity contribution in [3.05, 3.63) is 84.9 Å². The van der Waals surface area contributed by atoms with Crippen LogP contribution < -0.4 is 0 Å². The van der Waals surface area contributed by atoms with Crippen molar-refractivity contribution in [2.24, 2.45) is 10.8 Å². The average Bonchev–Trinajstić information content (AvgIpc) is 0.748. The van der Waals surface area contributed by atoms with Crippen LogP contribution in [0, 0.1) is 10.8 Å². The summed E-state index contributed by atoms with van der Waals surface area (Å²) in [7, 11) is 2.46. The molecule has 0 spiro atoms. The van der Waals surface area contributed by atoms with Gasteiger partial charge in [-0.05, 0) is 100 Å². The van der Waals surface area contributed by atoms with E-state index in [1.807, 2.05) is 0 Å². The summed E-state index contributed by atoms with van der Waals surface area (Å²) in [6, 6.07) is 0. The summed E-state index contributed by atoms with van der Waals surface area (Å²) >= 11 is 0. The number of carbonyl (C=O) groups excluding carboxylic acids is 6. The molecule has 27 nitrogen and oxygen atoms in total. The van der Waals surface area contributed by atoms with Gasteiger partial charge in [-0.25, -0.2) is 9.59 Å². The van der Waals surface area contributed by atoms with Gasteiger partial charge in [0.25, 0.3) is 0 Å². The molecular weight excluding hydrogens is 1450 g/mol. The number of unbranched alkanes of at least 4 members (excludes halogenated alkanes) is 8. The molecule has 0 radical (unpaired) electrons. The number of hydrogen-bond acceptors (Lipinski definition) is 27. The van der Waals surface area contributed by atoms with Crippen LogP contribution in [0.15, 0.2) is 84.9 Å². The smallest absolute Gasteiger partial charge is 0.330 e. The highest BCUT2D eigenvalue weighted by atomic mass is 16.7. The minimum Gasteiger partial charge on any atom is -0.493 e. The Morgan fingerprint density at radius 2 is 0.911 bits per heavy atom. The van der Waals surface area contributed by atoms with E-state index in [4.69, 9.17) is 71.1 Å². The molecule has 8 aliphatic rings. The fourth-order valence-electron chi connectivity index (χ4n) is 16.1. The molecule has 112 heavy (non-hydrogen) atoms. The van der Waals surface area contributed by atoms with E-state index in [0.29, 0.717) is 51.4 Å². The Bertz CT molecular complexity index is 3120. The Labute approximate surface area is 662 Å². The van der Waals surface area contributed by atoms with Crippen LogP contribution in [0.4, 0.5) is 0 Å². The number of fused-ring (bicyclic) bond motifs is 12. The number of carbonyl (C=O) groups is 6. The molecule has 27 heteroatoms. The van der Waals surface area contributed by atoms with Crippen LogP contribution >= 0.6 is 0 Å². The van der Waals surface area contributed by atoms with E-state index >= 15 is 0 Å². The van der Waals surface area contributed by atoms with Gasteiger partial charge in [0.1, 0.15) is 25.1 Å². The van der Waals surface area contributed by atoms with Crippen molar-refractivity contribution in [2.45, 2.75) is 369 Å². The van der Waals surface area contributed by atoms with Gasteiger partial charge in [-0.15, -0.1) is 0 Å². The lowest BCUT2D eigenvalue weighted by Gasteiger charge is -2.51. The normalized spacial score (nSPS) is 35.4. The first kappa shape index (κ1) is 93.4. The first-order valence-corrected chi connectivity index (χ1v) is 41.0. The molecule has 6 N–H and O–H groups in total. The summed E-state index contributed by atoms with van der Waals surface area (Å²) in [6.45, 7) is 21.9. The highest BCUT2D eigenvalue weighted by Crippen LogP contribution is 2.50. The molecule has 8 rings (SSSR count). The van der Waals surface area contributed by atoms with Crippen molar-refractivity contribution < 1.29 is 130 Å². The van der Waals surface area contributed by atoms with Gasteiger partial charge in [0, 0.05) is 93.6 Å². The average molecular weight is 1590 g/mol. The zero-order chi connectivity index (χ0) is 81.6. The zero-order valence-corrected chi connectivity index (χ0v) is 67.6. The fraction of sp³-hybridized carbons (Fsp3) is 0.765. The lowest BCUT2D eigenvalue weighted by atomic mass is 9.74. The van der Waals surface area contributed by atoms with Gasteiger partial charge in [-0.1, -0.05) is 131 Å². The van der Waals surface area contributed by atoms with E-state index in [1.54, 1.807) is 52.0 Å². The molecule has 0 saturated carbocycles. The Kier molecular flexibility index (Phi) is 38.6. The third-order valence-electron chi connectivity index (χ3n) is 22.2. The largest absolute Gasteiger partial charge is 0.493 e. The van der Waals surface area contributed by atoms with Crippen molar-refractivity contribution in [3.63, 3.8) is 0 Å². The van der Waals surface area contributed by atoms with E-state index in [0.717, 1.165) is 96.2 Å². The SMILES string of the molecule is C=C1C[C@H](O)C[C@@H]2CCCC(CC3C[C@H](CC=O)O[C@H](/C=C/C(C)(C)[C@]4(O)O[C@@H](C/C(=C\C(=O)OC)[C@@H]4OC(=O)CCCCCCC)C[C@H](CO)O1)O3)O2.C=CCOC(=O)C[C@H]1CC2CC3CCC[C@@H](C[C@@H](O)CC(=C)O[C@@H](CO)C[C@@H]4C/C(=C\C(=O)OC)[C@H](OC(=O)CCCCCCC)[C@@](O)(O4)C(C)(C)/C=C/[C@H](O2)O1)O3. The Balaban J connectivity index is 0.000000312. The van der Waals surface area contributed by atoms with Gasteiger partial charge in [0.15, 0.2) is 24.8 Å². The standard InChI is InChI=1S/C44H68O14.C41H64O13/c1-7-9-10-11-12-16-38(47)57-42-30(22-39(48)51-6)21-36-26-37(28-45)53-29(3)20-31(46)23-32-14-13-15-33(54-32)24-34-25-35(27-40(49)52-19-8-2)56-41(55-34)17-18-43(4,5)44(42,50)58-36;1-6-7-8-9-10-14-36(45)53-39-28(21-37(46)48-5)20-34-25-35(26-43)49-27(2)19-29(44)22-30-12-11-13-31(50-30)23-33-24-32(16-18-42)51-38(52-33)15-17-40(3,4)41(39,47)54-34/h8,17-18,22,31-37,41-42,45-46,50H,2-3,7,9-16,19-21,23-28H2,1,4-6H3;15,17-18,21,29-35,38-39,43-44,47H,2,6-14,16,19-20,22-26H2,1,3-5H3/b18-17+,30-22+;17-15+,28-21+/t31-,32-,33?,34?,35+,36-,37+,41+,42-,44+;29-,30-,31?,32-,33?,34-,35+,38-,39-,41+/m00/s1. The van der Waals surface area contributed by atoms with E-state index in [1.165, 1.54) is 32.4 Å². The van der Waals surface area contributed by atoms with Crippen molar-refractivity contribution in [1.82, 2.24) is 0 Å². The van der Waals surface area contributed by atoms with Gasteiger partial charge in [0.05, 0.1) is 119 Å². The molecule has 0 aromatic carbocycles. The maximum atomic E-state index is 13.4. The van der Waals surface area contributed by atoms with E-state index in [-0.39, 0.29) is 130 Å². The molecule has 4 unspecified atom stereocenters. The van der Waals surface area contributed by atoms with Crippen molar-refractivity contribution in [1.29, 1.82) is 0 Å². The monoisotopic (exact) mass is 1580 g/mol. The molecule has 8 heterocycles. The number of rotatable bonds is 24. The second-order valence-corrected chi connectivity index (χ2v) is 32.5. The minimum atomic E-state index is -2.29. The van der Waals surface area contributed by atoms with Gasteiger partial charge in [0.2, 0.25) is 11.6 Å². The van der Waals surface area contributed by atoms with Gasteiger partial charge >= 0.3 is 29.8 Å². The van der Waals surface area contributed by atoms with Crippen LogP contribution in [0.3, 0.4) is 0 Å². The number of methoxy groups -OCH3 is 2. The summed E-state index contributed by atoms with van der Waals surface area (Å²) < 4.78 is 90.6. The maximum Gasteiger partial charge on any atom is 0.330 e. The van der Waals surface area contributed by atoms with Gasteiger partial charge < -0.3 is 106 Å². The maximum absolute atomic E-state index is 13.4. The number of aliphatic hydroxyl groups is 6. The summed E-state index contributed by atoms with van der Waals surface area (Å²) in [6.07, 6.45) is 17.0. The number of hydrogen-bond donors (Lipinski definition) is 6. The number of esters is 5. The Morgan fingerprint density at radius 3 is 1.31 bits per heavy atom. The van der Waals surface area contributed by atoms with Crippen molar-refractivity contribution >= 4 is 36.1 Å². The fourth-order valence-corrected chi connectivity index (χ4v) is 16.1. The van der Waals surface area contributed by atoms with Crippen LogP contribution in [0.25, 0.3) is 0 Å². The summed E-state index contributed by atoms with van der Waals surface area (Å²) in [4.78, 5) is 76.7. The third-order valence-corrected chi connectivity index (χ3v) is 22.2. The molecule has 0 aliphatic carbocycles. The van der Waals surface area contributed by atoms with E-state index < -0.39 is 139 Å². The van der Waals surface area contributed by atoms with Gasteiger partial charge in [-0.2, -0.15) is 0 Å². The zero-order valence-electron chi connectivity index (χ0n) is 67.6. The molecule has 634 valence electrons. The van der Waals surface area contributed by atoms with Crippen LogP contribution in [0.5, 0.6) is 0 Å². The molecule has 8 aliphatic heterocycles. The van der Waals surface area contributed by atoms with Crippen LogP contribution in [-0.4, -0.2) is 223 Å². The third kappa shape index (κ3) is 29.1. The lowest BCUT2D eigenvalue weighted by Crippen LogP contribution is -2.62. The van der Waals surface area contributed by atoms with Gasteiger partial charge in [-0.3, -0.25) is 14.4 Å². The molecular formula is C85H132O27. The molecule has 20 atom stereocenters. The Hall–Kier alpha value is -5.76.